The second-order valence-electron chi connectivity index (χ2n) is 8.33. The first-order valence-corrected chi connectivity index (χ1v) is 9.63. The van der Waals surface area contributed by atoms with Gasteiger partial charge in [0.15, 0.2) is 5.96 Å². The highest BCUT2D eigenvalue weighted by Crippen LogP contribution is 2.19. The maximum Gasteiger partial charge on any atom is 0.410 e. The molecular weight excluding hydrogens is 316 g/mol. The van der Waals surface area contributed by atoms with Crippen LogP contribution < -0.4 is 10.6 Å². The smallest absolute Gasteiger partial charge is 0.410 e. The zero-order valence-electron chi connectivity index (χ0n) is 17.0. The molecule has 0 unspecified atom stereocenters. The molecule has 1 saturated heterocycles. The molecule has 1 heterocycles. The van der Waals surface area contributed by atoms with Crippen molar-refractivity contribution in [3.05, 3.63) is 0 Å². The minimum absolute atomic E-state index is 0.193. The number of aliphatic imine (C=N–C) groups is 1. The van der Waals surface area contributed by atoms with Gasteiger partial charge in [0, 0.05) is 33.2 Å². The van der Waals surface area contributed by atoms with Gasteiger partial charge in [-0.2, -0.15) is 0 Å². The molecule has 1 amide bonds. The number of hydrogen-bond acceptors (Lipinski definition) is 3. The maximum absolute atomic E-state index is 12.1. The Hall–Kier alpha value is -1.46. The van der Waals surface area contributed by atoms with Crippen LogP contribution in [0.15, 0.2) is 4.99 Å². The Balaban J connectivity index is 2.23. The average Bonchev–Trinajstić information content (AvgIpc) is 2.53. The number of piperidine rings is 1. The van der Waals surface area contributed by atoms with E-state index in [-0.39, 0.29) is 6.09 Å². The van der Waals surface area contributed by atoms with Crippen molar-refractivity contribution in [2.45, 2.75) is 65.9 Å². The second-order valence-corrected chi connectivity index (χ2v) is 8.33. The number of guanidine groups is 1. The number of nitrogens with zero attached hydrogens (tertiary/aromatic N) is 2. The van der Waals surface area contributed by atoms with Crippen LogP contribution in [0.1, 0.15) is 60.3 Å². The lowest BCUT2D eigenvalue weighted by molar-refractivity contribution is 0.0185. The summed E-state index contributed by atoms with van der Waals surface area (Å²) in [6.45, 7) is 13.6. The van der Waals surface area contributed by atoms with E-state index in [1.807, 2.05) is 32.7 Å². The third-order valence-electron chi connectivity index (χ3n) is 4.30. The van der Waals surface area contributed by atoms with Gasteiger partial charge in [-0.3, -0.25) is 4.99 Å². The lowest BCUT2D eigenvalue weighted by Crippen LogP contribution is -2.45. The van der Waals surface area contributed by atoms with Gasteiger partial charge in [0.05, 0.1) is 0 Å². The Morgan fingerprint density at radius 1 is 1.24 bits per heavy atom. The molecule has 0 aromatic carbocycles. The first kappa shape index (κ1) is 21.6. The van der Waals surface area contributed by atoms with Gasteiger partial charge in [-0.1, -0.05) is 13.8 Å². The summed E-state index contributed by atoms with van der Waals surface area (Å²) in [6.07, 6.45) is 4.19. The van der Waals surface area contributed by atoms with Crippen molar-refractivity contribution >= 4 is 12.1 Å². The van der Waals surface area contributed by atoms with Gasteiger partial charge in [0.2, 0.25) is 0 Å². The Kier molecular flexibility index (Phi) is 9.08. The van der Waals surface area contributed by atoms with Gasteiger partial charge in [0.25, 0.3) is 0 Å². The van der Waals surface area contributed by atoms with Crippen LogP contribution in [0.2, 0.25) is 0 Å². The van der Waals surface area contributed by atoms with Crippen molar-refractivity contribution in [3.8, 4) is 0 Å². The monoisotopic (exact) mass is 354 g/mol. The molecule has 0 radical (unpaired) electrons. The number of rotatable bonds is 6. The van der Waals surface area contributed by atoms with Crippen molar-refractivity contribution in [2.75, 3.05) is 33.2 Å². The van der Waals surface area contributed by atoms with Gasteiger partial charge in [-0.15, -0.1) is 0 Å². The molecule has 0 saturated carbocycles. The first-order chi connectivity index (χ1) is 11.7. The van der Waals surface area contributed by atoms with Crippen LogP contribution >= 0.6 is 0 Å². The quantitative estimate of drug-likeness (QED) is 0.437. The number of carbonyl (C=O) groups is 1. The fourth-order valence-electron chi connectivity index (χ4n) is 2.82. The molecule has 1 aliphatic rings. The van der Waals surface area contributed by atoms with E-state index in [1.165, 1.54) is 6.42 Å². The van der Waals surface area contributed by atoms with Crippen LogP contribution in [-0.4, -0.2) is 55.8 Å². The summed E-state index contributed by atoms with van der Waals surface area (Å²) in [5.41, 5.74) is -0.427. The number of ether oxygens (including phenoxy) is 1. The summed E-state index contributed by atoms with van der Waals surface area (Å²) in [5.74, 6) is 2.18. The van der Waals surface area contributed by atoms with E-state index >= 15 is 0 Å². The van der Waals surface area contributed by atoms with E-state index in [0.29, 0.717) is 5.92 Å². The van der Waals surface area contributed by atoms with Crippen LogP contribution in [0.4, 0.5) is 4.79 Å². The second kappa shape index (κ2) is 10.5. The molecule has 6 nitrogen and oxygen atoms in total. The van der Waals surface area contributed by atoms with Gasteiger partial charge < -0.3 is 20.3 Å². The maximum atomic E-state index is 12.1. The highest BCUT2D eigenvalue weighted by Gasteiger charge is 2.26. The predicted octanol–water partition coefficient (Wildman–Crippen LogP) is 3.23. The van der Waals surface area contributed by atoms with E-state index in [2.05, 4.69) is 29.5 Å². The Morgan fingerprint density at radius 2 is 1.88 bits per heavy atom. The molecule has 0 spiro atoms. The van der Waals surface area contributed by atoms with Crippen molar-refractivity contribution in [1.29, 1.82) is 0 Å². The minimum Gasteiger partial charge on any atom is -0.444 e. The molecule has 146 valence electrons. The summed E-state index contributed by atoms with van der Waals surface area (Å²) in [4.78, 5) is 18.2. The third kappa shape index (κ3) is 9.56. The Labute approximate surface area is 153 Å². The van der Waals surface area contributed by atoms with Crippen LogP contribution in [0.25, 0.3) is 0 Å². The number of nitrogens with one attached hydrogen (secondary N) is 2. The Morgan fingerprint density at radius 3 is 2.40 bits per heavy atom. The van der Waals surface area contributed by atoms with Crippen LogP contribution in [0, 0.1) is 11.8 Å². The Bertz CT molecular complexity index is 422. The van der Waals surface area contributed by atoms with Crippen molar-refractivity contribution in [2.24, 2.45) is 16.8 Å². The van der Waals surface area contributed by atoms with E-state index in [1.54, 1.807) is 0 Å². The molecule has 0 atom stereocenters. The standard InChI is InChI=1S/C19H38N4O2/c1-15(2)8-7-11-21-17(20-6)22-14-16-9-12-23(13-10-16)18(24)25-19(3,4)5/h15-16H,7-14H2,1-6H3,(H2,20,21,22). The lowest BCUT2D eigenvalue weighted by atomic mass is 9.97. The molecular formula is C19H38N4O2. The number of amides is 1. The average molecular weight is 355 g/mol. The van der Waals surface area contributed by atoms with Crippen LogP contribution in [0.5, 0.6) is 0 Å². The van der Waals surface area contributed by atoms with Gasteiger partial charge in [-0.25, -0.2) is 4.79 Å². The molecule has 1 aliphatic heterocycles. The lowest BCUT2D eigenvalue weighted by Gasteiger charge is -2.33. The molecule has 25 heavy (non-hydrogen) atoms. The van der Waals surface area contributed by atoms with Crippen molar-refractivity contribution < 1.29 is 9.53 Å². The van der Waals surface area contributed by atoms with Gasteiger partial charge in [-0.05, 0) is 58.3 Å². The topological polar surface area (TPSA) is 66.0 Å². The molecule has 6 heteroatoms. The third-order valence-corrected chi connectivity index (χ3v) is 4.30. The first-order valence-electron chi connectivity index (χ1n) is 9.63. The summed E-state index contributed by atoms with van der Waals surface area (Å²) in [6, 6.07) is 0. The van der Waals surface area contributed by atoms with Crippen molar-refractivity contribution in [3.63, 3.8) is 0 Å². The number of carbonyl (C=O) groups excluding carboxylic acids is 1. The minimum atomic E-state index is -0.427. The van der Waals surface area contributed by atoms with E-state index < -0.39 is 5.60 Å². The van der Waals surface area contributed by atoms with Gasteiger partial charge >= 0.3 is 6.09 Å². The predicted molar refractivity (Wildman–Crippen MR) is 104 cm³/mol. The highest BCUT2D eigenvalue weighted by atomic mass is 16.6. The summed E-state index contributed by atoms with van der Waals surface area (Å²) < 4.78 is 5.44. The summed E-state index contributed by atoms with van der Waals surface area (Å²) >= 11 is 0. The largest absolute Gasteiger partial charge is 0.444 e. The molecule has 0 bridgehead atoms. The molecule has 0 aliphatic carbocycles. The van der Waals surface area contributed by atoms with Gasteiger partial charge in [0.1, 0.15) is 5.60 Å². The molecule has 0 aromatic heterocycles. The fraction of sp³-hybridized carbons (Fsp3) is 0.895. The molecule has 2 N–H and O–H groups in total. The van der Waals surface area contributed by atoms with Crippen molar-refractivity contribution in [1.82, 2.24) is 15.5 Å². The SMILES string of the molecule is CN=C(NCCCC(C)C)NCC1CCN(C(=O)OC(C)(C)C)CC1. The van der Waals surface area contributed by atoms with Crippen LogP contribution in [-0.2, 0) is 4.74 Å². The molecule has 1 fully saturated rings. The summed E-state index contributed by atoms with van der Waals surface area (Å²) in [5, 5.41) is 6.79. The number of hydrogen-bond donors (Lipinski definition) is 2. The van der Waals surface area contributed by atoms with E-state index in [9.17, 15) is 4.79 Å². The normalized spacial score (nSPS) is 16.9. The summed E-state index contributed by atoms with van der Waals surface area (Å²) in [7, 11) is 1.81. The van der Waals surface area contributed by atoms with E-state index in [4.69, 9.17) is 4.74 Å². The highest BCUT2D eigenvalue weighted by molar-refractivity contribution is 5.79. The number of likely N-dealkylation sites (tertiary alicyclic amines) is 1. The van der Waals surface area contributed by atoms with E-state index in [0.717, 1.165) is 57.3 Å². The molecule has 1 rings (SSSR count). The molecule has 0 aromatic rings. The zero-order valence-corrected chi connectivity index (χ0v) is 17.0. The van der Waals surface area contributed by atoms with Crippen LogP contribution in [0.3, 0.4) is 0 Å². The zero-order chi connectivity index (χ0) is 18.9. The fourth-order valence-corrected chi connectivity index (χ4v) is 2.82.